The van der Waals surface area contributed by atoms with Gasteiger partial charge >= 0.3 is 0 Å². The van der Waals surface area contributed by atoms with Crippen LogP contribution in [0.1, 0.15) is 46.6 Å². The maximum absolute atomic E-state index is 13.0. The molecule has 3 aliphatic rings. The highest BCUT2D eigenvalue weighted by Gasteiger charge is 2.45. The Balaban J connectivity index is 1.40. The lowest BCUT2D eigenvalue weighted by Gasteiger charge is -2.25. The second-order valence-corrected chi connectivity index (χ2v) is 7.64. The summed E-state index contributed by atoms with van der Waals surface area (Å²) in [6.07, 6.45) is 5.42. The van der Waals surface area contributed by atoms with Crippen LogP contribution in [0, 0.1) is 0 Å². The Morgan fingerprint density at radius 3 is 3.00 bits per heavy atom. The van der Waals surface area contributed by atoms with Crippen molar-refractivity contribution in [1.29, 1.82) is 0 Å². The number of hydrogen-bond acceptors (Lipinski definition) is 3. The van der Waals surface area contributed by atoms with Gasteiger partial charge in [0, 0.05) is 25.0 Å². The van der Waals surface area contributed by atoms with Gasteiger partial charge in [-0.15, -0.1) is 0 Å². The maximum Gasteiger partial charge on any atom is 0.272 e. The Morgan fingerprint density at radius 1 is 1.12 bits per heavy atom. The van der Waals surface area contributed by atoms with Crippen molar-refractivity contribution in [1.82, 2.24) is 9.88 Å². The summed E-state index contributed by atoms with van der Waals surface area (Å²) < 4.78 is 0. The zero-order valence-electron chi connectivity index (χ0n) is 14.4. The summed E-state index contributed by atoms with van der Waals surface area (Å²) in [5, 5.41) is 3.36. The molecule has 1 fully saturated rings. The van der Waals surface area contributed by atoms with Crippen LogP contribution in [0.2, 0.25) is 0 Å². The van der Waals surface area contributed by atoms with Gasteiger partial charge < -0.3 is 10.2 Å². The third-order valence-corrected chi connectivity index (χ3v) is 6.20. The number of aryl methyl sites for hydroxylation is 2. The molecule has 25 heavy (non-hydrogen) atoms. The van der Waals surface area contributed by atoms with E-state index in [1.54, 1.807) is 0 Å². The second-order valence-electron chi connectivity index (χ2n) is 7.64. The molecule has 2 aromatic rings. The van der Waals surface area contributed by atoms with E-state index in [0.29, 0.717) is 5.69 Å². The number of pyridine rings is 1. The van der Waals surface area contributed by atoms with Gasteiger partial charge in [-0.3, -0.25) is 4.79 Å². The van der Waals surface area contributed by atoms with Crippen LogP contribution >= 0.6 is 0 Å². The summed E-state index contributed by atoms with van der Waals surface area (Å²) >= 11 is 0. The number of amides is 1. The van der Waals surface area contributed by atoms with Gasteiger partial charge in [-0.05, 0) is 55.4 Å². The molecule has 3 heterocycles. The van der Waals surface area contributed by atoms with Crippen LogP contribution in [0.15, 0.2) is 36.4 Å². The average molecular weight is 333 g/mol. The van der Waals surface area contributed by atoms with E-state index in [2.05, 4.69) is 34.6 Å². The number of rotatable bonds is 1. The van der Waals surface area contributed by atoms with Gasteiger partial charge in [-0.2, -0.15) is 0 Å². The highest BCUT2D eigenvalue weighted by atomic mass is 16.2. The summed E-state index contributed by atoms with van der Waals surface area (Å²) in [5.41, 5.74) is 5.83. The van der Waals surface area contributed by atoms with Crippen molar-refractivity contribution in [3.63, 3.8) is 0 Å². The monoisotopic (exact) mass is 333 g/mol. The number of benzene rings is 1. The Labute approximate surface area is 148 Å². The fourth-order valence-electron chi connectivity index (χ4n) is 4.85. The van der Waals surface area contributed by atoms with E-state index in [9.17, 15) is 4.79 Å². The van der Waals surface area contributed by atoms with Gasteiger partial charge in [0.2, 0.25) is 0 Å². The molecule has 1 spiro atoms. The third-order valence-electron chi connectivity index (χ3n) is 6.20. The predicted molar refractivity (Wildman–Crippen MR) is 98.0 cm³/mol. The minimum atomic E-state index is 0.0922. The van der Waals surface area contributed by atoms with Gasteiger partial charge in [-0.25, -0.2) is 4.98 Å². The lowest BCUT2D eigenvalue weighted by molar-refractivity contribution is 0.0777. The number of nitrogens with one attached hydrogen (secondary N) is 1. The molecule has 1 aromatic heterocycles. The quantitative estimate of drug-likeness (QED) is 0.872. The molecule has 1 amide bonds. The molecule has 0 bridgehead atoms. The van der Waals surface area contributed by atoms with Crippen LogP contribution in [0.4, 0.5) is 5.69 Å². The van der Waals surface area contributed by atoms with Crippen LogP contribution in [0.25, 0.3) is 0 Å². The Kier molecular flexibility index (Phi) is 3.34. The first-order valence-electron chi connectivity index (χ1n) is 9.37. The Bertz CT molecular complexity index is 847. The molecule has 128 valence electrons. The average Bonchev–Trinajstić information content (AvgIpc) is 3.26. The molecule has 1 aliphatic carbocycles. The third kappa shape index (κ3) is 2.35. The van der Waals surface area contributed by atoms with Crippen molar-refractivity contribution in [3.05, 3.63) is 58.9 Å². The minimum Gasteiger partial charge on any atom is -0.384 e. The molecule has 1 aromatic carbocycles. The van der Waals surface area contributed by atoms with E-state index in [1.807, 2.05) is 17.0 Å². The number of likely N-dealkylation sites (tertiary alicyclic amines) is 1. The number of fused-ring (bicyclic) bond motifs is 3. The van der Waals surface area contributed by atoms with E-state index in [0.717, 1.165) is 63.1 Å². The fourth-order valence-corrected chi connectivity index (χ4v) is 4.85. The van der Waals surface area contributed by atoms with Gasteiger partial charge in [0.05, 0.1) is 11.4 Å². The lowest BCUT2D eigenvalue weighted by Crippen LogP contribution is -2.34. The fraction of sp³-hybridized carbons (Fsp3) is 0.429. The van der Waals surface area contributed by atoms with E-state index in [4.69, 9.17) is 0 Å². The first-order chi connectivity index (χ1) is 12.3. The molecule has 2 aliphatic heterocycles. The van der Waals surface area contributed by atoms with Crippen molar-refractivity contribution < 1.29 is 4.79 Å². The topological polar surface area (TPSA) is 45.2 Å². The van der Waals surface area contributed by atoms with E-state index in [1.165, 1.54) is 11.1 Å². The highest BCUT2D eigenvalue weighted by molar-refractivity contribution is 5.93. The lowest BCUT2D eigenvalue weighted by atomic mass is 9.81. The zero-order valence-corrected chi connectivity index (χ0v) is 14.4. The summed E-state index contributed by atoms with van der Waals surface area (Å²) in [4.78, 5) is 19.7. The molecule has 1 unspecified atom stereocenters. The summed E-state index contributed by atoms with van der Waals surface area (Å²) in [6, 6.07) is 12.7. The molecule has 0 radical (unpaired) electrons. The van der Waals surface area contributed by atoms with Crippen molar-refractivity contribution in [3.8, 4) is 0 Å². The Hall–Kier alpha value is -2.36. The number of hydrogen-bond donors (Lipinski definition) is 1. The first-order valence-corrected chi connectivity index (χ1v) is 9.37. The van der Waals surface area contributed by atoms with Crippen molar-refractivity contribution in [2.45, 2.75) is 37.5 Å². The number of carbonyl (C=O) groups excluding carboxylic acids is 1. The zero-order chi connectivity index (χ0) is 16.9. The molecular weight excluding hydrogens is 310 g/mol. The number of aromatic nitrogens is 1. The van der Waals surface area contributed by atoms with Crippen LogP contribution in [-0.2, 0) is 18.3 Å². The number of carbonyl (C=O) groups is 1. The molecule has 1 N–H and O–H groups in total. The normalized spacial score (nSPS) is 24.1. The van der Waals surface area contributed by atoms with Gasteiger partial charge in [0.15, 0.2) is 0 Å². The van der Waals surface area contributed by atoms with Crippen LogP contribution < -0.4 is 5.32 Å². The maximum atomic E-state index is 13.0. The number of nitrogens with zero attached hydrogens (tertiary/aromatic N) is 2. The molecule has 4 nitrogen and oxygen atoms in total. The van der Waals surface area contributed by atoms with Gasteiger partial charge in [0.1, 0.15) is 5.69 Å². The second kappa shape index (κ2) is 5.58. The minimum absolute atomic E-state index is 0.0922. The van der Waals surface area contributed by atoms with Crippen molar-refractivity contribution in [2.75, 3.05) is 25.0 Å². The van der Waals surface area contributed by atoms with Crippen molar-refractivity contribution in [2.24, 2.45) is 0 Å². The molecule has 1 saturated heterocycles. The van der Waals surface area contributed by atoms with Crippen LogP contribution in [0.5, 0.6) is 0 Å². The standard InChI is InChI=1S/C21H23N3O/c25-20(19-8-7-17-18(23-19)6-3-12-22-17)24-13-11-21(14-24)10-9-15-4-1-2-5-16(15)21/h1-2,4-5,7-8,22H,3,6,9-14H2. The SMILES string of the molecule is O=C(c1ccc2c(n1)CCCN2)N1CCC2(CCc3ccccc32)C1. The van der Waals surface area contributed by atoms with E-state index in [-0.39, 0.29) is 11.3 Å². The highest BCUT2D eigenvalue weighted by Crippen LogP contribution is 2.45. The van der Waals surface area contributed by atoms with E-state index < -0.39 is 0 Å². The van der Waals surface area contributed by atoms with Gasteiger partial charge in [-0.1, -0.05) is 24.3 Å². The summed E-state index contributed by atoms with van der Waals surface area (Å²) in [5.74, 6) is 0.0922. The summed E-state index contributed by atoms with van der Waals surface area (Å²) in [7, 11) is 0. The molecule has 1 atom stereocenters. The smallest absolute Gasteiger partial charge is 0.272 e. The molecule has 4 heteroatoms. The first kappa shape index (κ1) is 14.9. The van der Waals surface area contributed by atoms with Crippen LogP contribution in [0.3, 0.4) is 0 Å². The predicted octanol–water partition coefficient (Wildman–Crippen LogP) is 3.17. The van der Waals surface area contributed by atoms with E-state index >= 15 is 0 Å². The molecule has 0 saturated carbocycles. The Morgan fingerprint density at radius 2 is 2.04 bits per heavy atom. The largest absolute Gasteiger partial charge is 0.384 e. The molecular formula is C21H23N3O. The molecule has 5 rings (SSSR count). The number of anilines is 1. The van der Waals surface area contributed by atoms with Crippen LogP contribution in [-0.4, -0.2) is 35.4 Å². The summed E-state index contributed by atoms with van der Waals surface area (Å²) in [6.45, 7) is 2.67. The van der Waals surface area contributed by atoms with Gasteiger partial charge in [0.25, 0.3) is 5.91 Å². The van der Waals surface area contributed by atoms with Crippen molar-refractivity contribution >= 4 is 11.6 Å².